The normalized spacial score (nSPS) is 10.3. The highest BCUT2D eigenvalue weighted by Crippen LogP contribution is 2.34. The molecule has 6 heteroatoms. The molecule has 0 saturated heterocycles. The molecule has 1 N–H and O–H groups in total. The van der Waals surface area contributed by atoms with Crippen LogP contribution in [-0.2, 0) is 6.54 Å². The van der Waals surface area contributed by atoms with E-state index in [4.69, 9.17) is 21.1 Å². The fourth-order valence-electron chi connectivity index (χ4n) is 1.88. The SMILES string of the molecule is COc1cc(Br)c(CNc2c(F)cccc2Cl)cc1OC. The highest BCUT2D eigenvalue weighted by Gasteiger charge is 2.11. The zero-order chi connectivity index (χ0) is 15.4. The Balaban J connectivity index is 2.24. The Bertz CT molecular complexity index is 632. The second-order valence-electron chi connectivity index (χ2n) is 4.25. The Hall–Kier alpha value is -1.46. The zero-order valence-electron chi connectivity index (χ0n) is 11.5. The van der Waals surface area contributed by atoms with Gasteiger partial charge in [0.25, 0.3) is 0 Å². The summed E-state index contributed by atoms with van der Waals surface area (Å²) in [5, 5.41) is 3.33. The first kappa shape index (κ1) is 15.9. The van der Waals surface area contributed by atoms with Crippen molar-refractivity contribution in [3.05, 3.63) is 51.2 Å². The maximum Gasteiger partial charge on any atom is 0.161 e. The summed E-state index contributed by atoms with van der Waals surface area (Å²) in [7, 11) is 3.14. The number of nitrogens with one attached hydrogen (secondary N) is 1. The molecule has 0 spiro atoms. The molecule has 0 aliphatic rings. The van der Waals surface area contributed by atoms with Crippen LogP contribution in [0.25, 0.3) is 0 Å². The predicted octanol–water partition coefficient (Wildman–Crippen LogP) is 4.87. The molecule has 0 atom stereocenters. The molecular weight excluding hydrogens is 361 g/mol. The number of halogens is 3. The first-order valence-electron chi connectivity index (χ1n) is 6.15. The molecule has 3 nitrogen and oxygen atoms in total. The highest BCUT2D eigenvalue weighted by molar-refractivity contribution is 9.10. The van der Waals surface area contributed by atoms with Gasteiger partial charge in [-0.3, -0.25) is 0 Å². The lowest BCUT2D eigenvalue weighted by Gasteiger charge is -2.14. The lowest BCUT2D eigenvalue weighted by Crippen LogP contribution is -2.04. The first-order valence-corrected chi connectivity index (χ1v) is 7.32. The lowest BCUT2D eigenvalue weighted by atomic mass is 10.2. The van der Waals surface area contributed by atoms with E-state index < -0.39 is 0 Å². The van der Waals surface area contributed by atoms with E-state index in [-0.39, 0.29) is 11.5 Å². The molecule has 0 aliphatic heterocycles. The summed E-state index contributed by atoms with van der Waals surface area (Å²) >= 11 is 9.44. The molecule has 0 saturated carbocycles. The molecule has 21 heavy (non-hydrogen) atoms. The maximum atomic E-state index is 13.7. The van der Waals surface area contributed by atoms with Crippen molar-refractivity contribution in [3.8, 4) is 11.5 Å². The minimum atomic E-state index is -0.390. The van der Waals surface area contributed by atoms with Gasteiger partial charge < -0.3 is 14.8 Å². The molecule has 2 aromatic carbocycles. The summed E-state index contributed by atoms with van der Waals surface area (Å²) in [4.78, 5) is 0. The van der Waals surface area contributed by atoms with Crippen LogP contribution < -0.4 is 14.8 Å². The molecule has 0 amide bonds. The molecule has 2 rings (SSSR count). The topological polar surface area (TPSA) is 30.5 Å². The van der Waals surface area contributed by atoms with Gasteiger partial charge in [0, 0.05) is 11.0 Å². The summed E-state index contributed by atoms with van der Waals surface area (Å²) in [5.41, 5.74) is 1.17. The van der Waals surface area contributed by atoms with Gasteiger partial charge in [-0.15, -0.1) is 0 Å². The molecule has 0 aliphatic carbocycles. The molecule has 0 fully saturated rings. The van der Waals surface area contributed by atoms with Crippen LogP contribution in [0.4, 0.5) is 10.1 Å². The molecular formula is C15H14BrClFNO2. The van der Waals surface area contributed by atoms with Crippen LogP contribution in [0.15, 0.2) is 34.8 Å². The van der Waals surface area contributed by atoms with Crippen molar-refractivity contribution < 1.29 is 13.9 Å². The third kappa shape index (κ3) is 3.60. The van der Waals surface area contributed by atoms with Crippen LogP contribution >= 0.6 is 27.5 Å². The van der Waals surface area contributed by atoms with E-state index in [1.807, 2.05) is 6.07 Å². The molecule has 0 heterocycles. The predicted molar refractivity (Wildman–Crippen MR) is 86.0 cm³/mol. The Morgan fingerprint density at radius 2 is 1.86 bits per heavy atom. The van der Waals surface area contributed by atoms with Crippen LogP contribution in [0.2, 0.25) is 5.02 Å². The fraction of sp³-hybridized carbons (Fsp3) is 0.200. The van der Waals surface area contributed by atoms with Gasteiger partial charge in [-0.25, -0.2) is 4.39 Å². The van der Waals surface area contributed by atoms with E-state index in [1.54, 1.807) is 32.4 Å². The van der Waals surface area contributed by atoms with Crippen molar-refractivity contribution in [2.45, 2.75) is 6.54 Å². The van der Waals surface area contributed by atoms with Crippen molar-refractivity contribution in [1.29, 1.82) is 0 Å². The maximum absolute atomic E-state index is 13.7. The van der Waals surface area contributed by atoms with Crippen LogP contribution in [0.1, 0.15) is 5.56 Å². The van der Waals surface area contributed by atoms with Gasteiger partial charge in [0.2, 0.25) is 0 Å². The van der Waals surface area contributed by atoms with Crippen LogP contribution in [0, 0.1) is 5.82 Å². The Labute approximate surface area is 136 Å². The third-order valence-electron chi connectivity index (χ3n) is 2.97. The number of methoxy groups -OCH3 is 2. The van der Waals surface area contributed by atoms with Gasteiger partial charge in [0.1, 0.15) is 5.82 Å². The van der Waals surface area contributed by atoms with Crippen molar-refractivity contribution in [3.63, 3.8) is 0 Å². The van der Waals surface area contributed by atoms with E-state index in [9.17, 15) is 4.39 Å². The van der Waals surface area contributed by atoms with Gasteiger partial charge in [-0.1, -0.05) is 33.6 Å². The average molecular weight is 375 g/mol. The Kier molecular flexibility index (Phi) is 5.31. The molecule has 0 unspecified atom stereocenters. The number of hydrogen-bond acceptors (Lipinski definition) is 3. The summed E-state index contributed by atoms with van der Waals surface area (Å²) in [5.74, 6) is 0.841. The van der Waals surface area contributed by atoms with Crippen LogP contribution in [0.5, 0.6) is 11.5 Å². The van der Waals surface area contributed by atoms with Gasteiger partial charge in [0.15, 0.2) is 11.5 Å². The highest BCUT2D eigenvalue weighted by atomic mass is 79.9. The van der Waals surface area contributed by atoms with E-state index in [0.717, 1.165) is 10.0 Å². The second kappa shape index (κ2) is 7.00. The summed E-state index contributed by atoms with van der Waals surface area (Å²) in [6.07, 6.45) is 0. The van der Waals surface area contributed by atoms with E-state index in [1.165, 1.54) is 6.07 Å². The summed E-state index contributed by atoms with van der Waals surface area (Å²) in [6.45, 7) is 0.390. The molecule has 0 aromatic heterocycles. The van der Waals surface area contributed by atoms with Gasteiger partial charge in [-0.05, 0) is 29.8 Å². The Morgan fingerprint density at radius 3 is 2.48 bits per heavy atom. The number of benzene rings is 2. The second-order valence-corrected chi connectivity index (χ2v) is 5.51. The number of para-hydroxylation sites is 1. The van der Waals surface area contributed by atoms with E-state index in [0.29, 0.717) is 23.1 Å². The van der Waals surface area contributed by atoms with Crippen molar-refractivity contribution in [1.82, 2.24) is 0 Å². The summed E-state index contributed by atoms with van der Waals surface area (Å²) < 4.78 is 25.0. The minimum Gasteiger partial charge on any atom is -0.493 e. The van der Waals surface area contributed by atoms with E-state index in [2.05, 4.69) is 21.2 Å². The number of rotatable bonds is 5. The minimum absolute atomic E-state index is 0.279. The smallest absolute Gasteiger partial charge is 0.161 e. The van der Waals surface area contributed by atoms with Crippen molar-refractivity contribution in [2.24, 2.45) is 0 Å². The zero-order valence-corrected chi connectivity index (χ0v) is 13.9. The number of hydrogen-bond donors (Lipinski definition) is 1. The number of ether oxygens (including phenoxy) is 2. The monoisotopic (exact) mass is 373 g/mol. The van der Waals surface area contributed by atoms with Gasteiger partial charge >= 0.3 is 0 Å². The third-order valence-corrected chi connectivity index (χ3v) is 4.02. The molecule has 0 bridgehead atoms. The van der Waals surface area contributed by atoms with Crippen LogP contribution in [-0.4, -0.2) is 14.2 Å². The van der Waals surface area contributed by atoms with Crippen molar-refractivity contribution >= 4 is 33.2 Å². The largest absolute Gasteiger partial charge is 0.493 e. The lowest BCUT2D eigenvalue weighted by molar-refractivity contribution is 0.354. The number of anilines is 1. The van der Waals surface area contributed by atoms with Crippen LogP contribution in [0.3, 0.4) is 0 Å². The Morgan fingerprint density at radius 1 is 1.19 bits per heavy atom. The van der Waals surface area contributed by atoms with Gasteiger partial charge in [0.05, 0.1) is 24.9 Å². The average Bonchev–Trinajstić information content (AvgIpc) is 2.47. The fourth-order valence-corrected chi connectivity index (χ4v) is 2.57. The standard InChI is InChI=1S/C15H14BrClFNO2/c1-20-13-6-9(10(16)7-14(13)21-2)8-19-15-11(17)4-3-5-12(15)18/h3-7,19H,8H2,1-2H3. The van der Waals surface area contributed by atoms with Gasteiger partial charge in [-0.2, -0.15) is 0 Å². The first-order chi connectivity index (χ1) is 10.1. The molecule has 112 valence electrons. The quantitative estimate of drug-likeness (QED) is 0.810. The molecule has 2 aromatic rings. The van der Waals surface area contributed by atoms with Crippen molar-refractivity contribution in [2.75, 3.05) is 19.5 Å². The summed E-state index contributed by atoms with van der Waals surface area (Å²) in [6, 6.07) is 8.19. The van der Waals surface area contributed by atoms with E-state index >= 15 is 0 Å². The molecule has 0 radical (unpaired) electrons.